The molecule has 13 heavy (non-hydrogen) atoms. The van der Waals surface area contributed by atoms with E-state index < -0.39 is 0 Å². The Kier molecular flexibility index (Phi) is 7.39. The molecule has 78 valence electrons. The van der Waals surface area contributed by atoms with Gasteiger partial charge in [-0.2, -0.15) is 0 Å². The minimum absolute atomic E-state index is 0.0522. The highest BCUT2D eigenvalue weighted by molar-refractivity contribution is 5.67. The summed E-state index contributed by atoms with van der Waals surface area (Å²) in [6.07, 6.45) is 0.716. The Morgan fingerprint density at radius 1 is 1.31 bits per heavy atom. The van der Waals surface area contributed by atoms with Gasteiger partial charge in [-0.1, -0.05) is 6.92 Å². The molecule has 0 rings (SSSR count). The number of nitrogens with one attached hydrogen (secondary N) is 2. The molecule has 0 aromatic heterocycles. The normalized spacial score (nSPS) is 10.2. The molecule has 0 atom stereocenters. The monoisotopic (exact) mass is 188 g/mol. The Hall–Kier alpha value is -0.770. The molecule has 2 N–H and O–H groups in total. The molecule has 4 heteroatoms. The van der Waals surface area contributed by atoms with E-state index in [0.717, 1.165) is 19.5 Å². The van der Waals surface area contributed by atoms with E-state index in [4.69, 9.17) is 4.74 Å². The topological polar surface area (TPSA) is 50.4 Å². The van der Waals surface area contributed by atoms with E-state index in [9.17, 15) is 4.79 Å². The average Bonchev–Trinajstić information content (AvgIpc) is 2.02. The highest BCUT2D eigenvalue weighted by atomic mass is 16.6. The summed E-state index contributed by atoms with van der Waals surface area (Å²) in [5.41, 5.74) is 0. The Morgan fingerprint density at radius 2 is 2.00 bits per heavy atom. The fourth-order valence-corrected chi connectivity index (χ4v) is 0.810. The predicted octanol–water partition coefficient (Wildman–Crippen LogP) is 1.12. The van der Waals surface area contributed by atoms with Crippen LogP contribution in [0.4, 0.5) is 4.79 Å². The van der Waals surface area contributed by atoms with E-state index in [0.29, 0.717) is 6.54 Å². The summed E-state index contributed by atoms with van der Waals surface area (Å²) in [4.78, 5) is 10.9. The predicted molar refractivity (Wildman–Crippen MR) is 52.8 cm³/mol. The fraction of sp³-hybridized carbons (Fsp3) is 0.889. The van der Waals surface area contributed by atoms with E-state index in [1.165, 1.54) is 0 Å². The Morgan fingerprint density at radius 3 is 2.54 bits per heavy atom. The third kappa shape index (κ3) is 9.14. The van der Waals surface area contributed by atoms with Crippen LogP contribution in [-0.2, 0) is 4.74 Å². The highest BCUT2D eigenvalue weighted by Gasteiger charge is 2.02. The van der Waals surface area contributed by atoms with Crippen LogP contribution in [0.15, 0.2) is 0 Å². The van der Waals surface area contributed by atoms with E-state index >= 15 is 0 Å². The highest BCUT2D eigenvalue weighted by Crippen LogP contribution is 1.86. The standard InChI is InChI=1S/C9H20N2O2/c1-4-5-10-6-7-11-9(12)13-8(2)3/h8,10H,4-7H2,1-3H3,(H,11,12). The van der Waals surface area contributed by atoms with Crippen LogP contribution < -0.4 is 10.6 Å². The lowest BCUT2D eigenvalue weighted by Crippen LogP contribution is -2.33. The van der Waals surface area contributed by atoms with Gasteiger partial charge < -0.3 is 15.4 Å². The van der Waals surface area contributed by atoms with Crippen molar-refractivity contribution in [2.24, 2.45) is 0 Å². The first-order valence-corrected chi connectivity index (χ1v) is 4.82. The third-order valence-corrected chi connectivity index (χ3v) is 1.34. The maximum atomic E-state index is 10.9. The van der Waals surface area contributed by atoms with Crippen LogP contribution >= 0.6 is 0 Å². The van der Waals surface area contributed by atoms with Crippen LogP contribution in [0.1, 0.15) is 27.2 Å². The molecule has 0 saturated heterocycles. The molecule has 0 saturated carbocycles. The molecule has 0 aliphatic rings. The van der Waals surface area contributed by atoms with Crippen LogP contribution in [0.25, 0.3) is 0 Å². The van der Waals surface area contributed by atoms with Crippen molar-refractivity contribution in [1.29, 1.82) is 0 Å². The molecule has 0 spiro atoms. The average molecular weight is 188 g/mol. The Balaban J connectivity index is 3.17. The quantitative estimate of drug-likeness (QED) is 0.614. The van der Waals surface area contributed by atoms with Crippen LogP contribution in [0, 0.1) is 0 Å². The van der Waals surface area contributed by atoms with Gasteiger partial charge in [-0.3, -0.25) is 0 Å². The van der Waals surface area contributed by atoms with Gasteiger partial charge in [0.2, 0.25) is 0 Å². The van der Waals surface area contributed by atoms with Gasteiger partial charge in [0.1, 0.15) is 0 Å². The van der Waals surface area contributed by atoms with Crippen molar-refractivity contribution in [1.82, 2.24) is 10.6 Å². The van der Waals surface area contributed by atoms with Gasteiger partial charge in [-0.25, -0.2) is 4.79 Å². The summed E-state index contributed by atoms with van der Waals surface area (Å²) in [5, 5.41) is 5.82. The largest absolute Gasteiger partial charge is 0.447 e. The van der Waals surface area contributed by atoms with Gasteiger partial charge in [0.25, 0.3) is 0 Å². The molecule has 0 fully saturated rings. The molecule has 0 radical (unpaired) electrons. The minimum atomic E-state index is -0.340. The van der Waals surface area contributed by atoms with Crippen LogP contribution in [-0.4, -0.2) is 31.8 Å². The van der Waals surface area contributed by atoms with Crippen LogP contribution in [0.2, 0.25) is 0 Å². The van der Waals surface area contributed by atoms with Crippen molar-refractivity contribution in [3.63, 3.8) is 0 Å². The first-order chi connectivity index (χ1) is 6.16. The molecule has 4 nitrogen and oxygen atoms in total. The molecule has 0 aromatic carbocycles. The van der Waals surface area contributed by atoms with Crippen molar-refractivity contribution in [2.75, 3.05) is 19.6 Å². The number of amides is 1. The lowest BCUT2D eigenvalue weighted by molar-refractivity contribution is 0.116. The molecule has 0 aromatic rings. The van der Waals surface area contributed by atoms with Crippen molar-refractivity contribution < 1.29 is 9.53 Å². The van der Waals surface area contributed by atoms with Gasteiger partial charge in [-0.15, -0.1) is 0 Å². The van der Waals surface area contributed by atoms with Gasteiger partial charge >= 0.3 is 6.09 Å². The summed E-state index contributed by atoms with van der Waals surface area (Å²) >= 11 is 0. The Labute approximate surface area is 80.0 Å². The summed E-state index contributed by atoms with van der Waals surface area (Å²) in [6, 6.07) is 0. The second-order valence-electron chi connectivity index (χ2n) is 3.13. The maximum Gasteiger partial charge on any atom is 0.407 e. The number of hydrogen-bond acceptors (Lipinski definition) is 3. The van der Waals surface area contributed by atoms with Crippen molar-refractivity contribution in [3.8, 4) is 0 Å². The lowest BCUT2D eigenvalue weighted by Gasteiger charge is -2.09. The van der Waals surface area contributed by atoms with Crippen molar-refractivity contribution in [3.05, 3.63) is 0 Å². The summed E-state index contributed by atoms with van der Waals surface area (Å²) < 4.78 is 4.88. The van der Waals surface area contributed by atoms with Crippen LogP contribution in [0.3, 0.4) is 0 Å². The second-order valence-corrected chi connectivity index (χ2v) is 3.13. The number of alkyl carbamates (subject to hydrolysis) is 1. The number of carbonyl (C=O) groups is 1. The van der Waals surface area contributed by atoms with E-state index in [-0.39, 0.29) is 12.2 Å². The summed E-state index contributed by atoms with van der Waals surface area (Å²) in [7, 11) is 0. The van der Waals surface area contributed by atoms with Gasteiger partial charge in [0.15, 0.2) is 0 Å². The van der Waals surface area contributed by atoms with Gasteiger partial charge in [-0.05, 0) is 26.8 Å². The maximum absolute atomic E-state index is 10.9. The molecule has 0 unspecified atom stereocenters. The first-order valence-electron chi connectivity index (χ1n) is 4.82. The van der Waals surface area contributed by atoms with Gasteiger partial charge in [0.05, 0.1) is 6.10 Å². The minimum Gasteiger partial charge on any atom is -0.447 e. The zero-order chi connectivity index (χ0) is 10.1. The number of ether oxygens (including phenoxy) is 1. The molecule has 0 aliphatic carbocycles. The second kappa shape index (κ2) is 7.86. The first kappa shape index (κ1) is 12.2. The van der Waals surface area contributed by atoms with Gasteiger partial charge in [0, 0.05) is 13.1 Å². The summed E-state index contributed by atoms with van der Waals surface area (Å²) in [5.74, 6) is 0. The SMILES string of the molecule is CCCNCCNC(=O)OC(C)C. The molecule has 0 bridgehead atoms. The molecule has 0 heterocycles. The molecular weight excluding hydrogens is 168 g/mol. The fourth-order valence-electron chi connectivity index (χ4n) is 0.810. The van der Waals surface area contributed by atoms with Crippen molar-refractivity contribution >= 4 is 6.09 Å². The number of hydrogen-bond donors (Lipinski definition) is 2. The van der Waals surface area contributed by atoms with E-state index in [1.54, 1.807) is 0 Å². The summed E-state index contributed by atoms with van der Waals surface area (Å²) in [6.45, 7) is 8.16. The molecule has 1 amide bonds. The number of carbonyl (C=O) groups excluding carboxylic acids is 1. The number of rotatable bonds is 6. The van der Waals surface area contributed by atoms with Crippen LogP contribution in [0.5, 0.6) is 0 Å². The lowest BCUT2D eigenvalue weighted by atomic mass is 10.5. The van der Waals surface area contributed by atoms with E-state index in [2.05, 4.69) is 17.6 Å². The van der Waals surface area contributed by atoms with Crippen molar-refractivity contribution in [2.45, 2.75) is 33.3 Å². The smallest absolute Gasteiger partial charge is 0.407 e. The molecular formula is C9H20N2O2. The zero-order valence-corrected chi connectivity index (χ0v) is 8.72. The zero-order valence-electron chi connectivity index (χ0n) is 8.72. The van der Waals surface area contributed by atoms with E-state index in [1.807, 2.05) is 13.8 Å². The third-order valence-electron chi connectivity index (χ3n) is 1.34. The molecule has 0 aliphatic heterocycles. The Bertz CT molecular complexity index is 138.